The molecule has 0 radical (unpaired) electrons. The molecule has 0 amide bonds. The highest BCUT2D eigenvalue weighted by Gasteiger charge is 2.30. The lowest BCUT2D eigenvalue weighted by Crippen LogP contribution is -2.37. The normalized spacial score (nSPS) is 21.7. The van der Waals surface area contributed by atoms with E-state index in [0.717, 1.165) is 24.5 Å². The van der Waals surface area contributed by atoms with E-state index in [1.807, 2.05) is 12.1 Å². The zero-order chi connectivity index (χ0) is 14.9. The van der Waals surface area contributed by atoms with Crippen molar-refractivity contribution in [2.45, 2.75) is 18.8 Å². The summed E-state index contributed by atoms with van der Waals surface area (Å²) >= 11 is 0. The molecule has 1 aliphatic heterocycles. The number of furan rings is 1. The number of nitrogens with zero attached hydrogens (tertiary/aromatic N) is 3. The number of ether oxygens (including phenoxy) is 1. The first-order valence-corrected chi connectivity index (χ1v) is 7.56. The topological polar surface area (TPSA) is 68.5 Å². The van der Waals surface area contributed by atoms with Crippen LogP contribution in [0.25, 0.3) is 0 Å². The second-order valence-electron chi connectivity index (χ2n) is 5.67. The molecule has 4 rings (SSSR count). The maximum absolute atomic E-state index is 12.3. The average molecular weight is 299 g/mol. The van der Waals surface area contributed by atoms with E-state index < -0.39 is 0 Å². The van der Waals surface area contributed by atoms with Gasteiger partial charge in [-0.05, 0) is 12.1 Å². The molecule has 1 aliphatic carbocycles. The fourth-order valence-corrected chi connectivity index (χ4v) is 3.07. The number of hydrogen-bond acceptors (Lipinski definition) is 6. The van der Waals surface area contributed by atoms with Gasteiger partial charge in [0.05, 0.1) is 30.7 Å². The van der Waals surface area contributed by atoms with Gasteiger partial charge in [0, 0.05) is 38.0 Å². The Morgan fingerprint density at radius 2 is 2.09 bits per heavy atom. The summed E-state index contributed by atoms with van der Waals surface area (Å²) in [4.78, 5) is 23.4. The molecule has 6 heteroatoms. The molecule has 6 nitrogen and oxygen atoms in total. The predicted molar refractivity (Wildman–Crippen MR) is 79.2 cm³/mol. The van der Waals surface area contributed by atoms with Crippen molar-refractivity contribution >= 4 is 11.7 Å². The Kier molecular flexibility index (Phi) is 3.38. The number of fused-ring (bicyclic) bond motifs is 1. The minimum absolute atomic E-state index is 0.0717. The van der Waals surface area contributed by atoms with Crippen LogP contribution in [0.15, 0.2) is 29.0 Å². The quantitative estimate of drug-likeness (QED) is 0.842. The van der Waals surface area contributed by atoms with Crippen LogP contribution in [0.4, 0.5) is 5.95 Å². The molecular formula is C16H17N3O3. The van der Waals surface area contributed by atoms with Gasteiger partial charge in [-0.15, -0.1) is 0 Å². The maximum atomic E-state index is 12.3. The number of Topliss-reactive ketones (excluding diaryl/α,β-unsaturated/α-hetero) is 1. The number of ketones is 1. The Morgan fingerprint density at radius 1 is 1.23 bits per heavy atom. The third-order valence-corrected chi connectivity index (χ3v) is 4.27. The molecule has 2 aliphatic rings. The van der Waals surface area contributed by atoms with Crippen LogP contribution in [0.1, 0.15) is 34.2 Å². The standard InChI is InChI=1S/C16H17N3O3/c20-14-9-11(15-2-1-5-22-15)8-13-12(14)10-17-16(18-13)19-3-6-21-7-4-19/h1-2,5,10-11H,3-4,6-9H2/t11-/m1/s1. The predicted octanol–water partition coefficient (Wildman–Crippen LogP) is 1.82. The van der Waals surface area contributed by atoms with Crippen molar-refractivity contribution in [1.29, 1.82) is 0 Å². The van der Waals surface area contributed by atoms with Crippen LogP contribution in [0.2, 0.25) is 0 Å². The monoisotopic (exact) mass is 299 g/mol. The van der Waals surface area contributed by atoms with Crippen molar-refractivity contribution in [3.05, 3.63) is 41.6 Å². The molecule has 0 saturated carbocycles. The van der Waals surface area contributed by atoms with Crippen molar-refractivity contribution in [2.75, 3.05) is 31.2 Å². The lowest BCUT2D eigenvalue weighted by molar-refractivity contribution is 0.0958. The molecule has 1 fully saturated rings. The van der Waals surface area contributed by atoms with Gasteiger partial charge in [-0.2, -0.15) is 0 Å². The lowest BCUT2D eigenvalue weighted by Gasteiger charge is -2.28. The van der Waals surface area contributed by atoms with E-state index in [4.69, 9.17) is 9.15 Å². The Bertz CT molecular complexity index is 678. The van der Waals surface area contributed by atoms with Crippen LogP contribution >= 0.6 is 0 Å². The summed E-state index contributed by atoms with van der Waals surface area (Å²) in [6.07, 6.45) is 4.50. The van der Waals surface area contributed by atoms with Crippen LogP contribution in [-0.2, 0) is 11.2 Å². The first kappa shape index (κ1) is 13.5. The molecule has 0 aromatic carbocycles. The van der Waals surface area contributed by atoms with E-state index in [0.29, 0.717) is 37.6 Å². The molecule has 2 aromatic rings. The molecule has 0 bridgehead atoms. The summed E-state index contributed by atoms with van der Waals surface area (Å²) in [7, 11) is 0. The van der Waals surface area contributed by atoms with Gasteiger partial charge in [0.2, 0.25) is 5.95 Å². The molecule has 114 valence electrons. The van der Waals surface area contributed by atoms with Gasteiger partial charge in [0.1, 0.15) is 5.76 Å². The molecular weight excluding hydrogens is 282 g/mol. The Labute approximate surface area is 128 Å². The molecule has 0 N–H and O–H groups in total. The smallest absolute Gasteiger partial charge is 0.225 e. The first-order chi connectivity index (χ1) is 10.8. The van der Waals surface area contributed by atoms with E-state index >= 15 is 0 Å². The summed E-state index contributed by atoms with van der Waals surface area (Å²) in [5.74, 6) is 1.71. The average Bonchev–Trinajstić information content (AvgIpc) is 3.09. The zero-order valence-electron chi connectivity index (χ0n) is 12.2. The van der Waals surface area contributed by atoms with Crippen molar-refractivity contribution in [1.82, 2.24) is 9.97 Å². The molecule has 22 heavy (non-hydrogen) atoms. The summed E-state index contributed by atoms with van der Waals surface area (Å²) in [5, 5.41) is 0. The zero-order valence-corrected chi connectivity index (χ0v) is 12.2. The second kappa shape index (κ2) is 5.53. The number of carbonyl (C=O) groups excluding carboxylic acids is 1. The Morgan fingerprint density at radius 3 is 2.86 bits per heavy atom. The number of rotatable bonds is 2. The van der Waals surface area contributed by atoms with Gasteiger partial charge >= 0.3 is 0 Å². The minimum atomic E-state index is 0.0717. The van der Waals surface area contributed by atoms with E-state index in [9.17, 15) is 4.79 Å². The molecule has 0 spiro atoms. The number of morpholine rings is 1. The highest BCUT2D eigenvalue weighted by molar-refractivity contribution is 5.98. The molecule has 2 aromatic heterocycles. The van der Waals surface area contributed by atoms with Gasteiger partial charge in [0.15, 0.2) is 5.78 Å². The van der Waals surface area contributed by atoms with Gasteiger partial charge < -0.3 is 14.1 Å². The Hall–Kier alpha value is -2.21. The SMILES string of the molecule is O=C1C[C@H](c2ccco2)Cc2nc(N3CCOCC3)ncc21. The largest absolute Gasteiger partial charge is 0.469 e. The third-order valence-electron chi connectivity index (χ3n) is 4.27. The van der Waals surface area contributed by atoms with Crippen LogP contribution in [0.3, 0.4) is 0 Å². The van der Waals surface area contributed by atoms with Gasteiger partial charge in [-0.3, -0.25) is 4.79 Å². The van der Waals surface area contributed by atoms with Crippen LogP contribution in [0.5, 0.6) is 0 Å². The van der Waals surface area contributed by atoms with Crippen molar-refractivity contribution < 1.29 is 13.9 Å². The summed E-state index contributed by atoms with van der Waals surface area (Å²) in [5.41, 5.74) is 1.48. The van der Waals surface area contributed by atoms with Crippen LogP contribution < -0.4 is 4.90 Å². The fourth-order valence-electron chi connectivity index (χ4n) is 3.07. The molecule has 3 heterocycles. The summed E-state index contributed by atoms with van der Waals surface area (Å²) in [6, 6.07) is 3.78. The highest BCUT2D eigenvalue weighted by atomic mass is 16.5. The lowest BCUT2D eigenvalue weighted by atomic mass is 9.85. The molecule has 0 unspecified atom stereocenters. The molecule has 1 atom stereocenters. The van der Waals surface area contributed by atoms with Crippen molar-refractivity contribution in [2.24, 2.45) is 0 Å². The molecule has 1 saturated heterocycles. The van der Waals surface area contributed by atoms with Crippen molar-refractivity contribution in [3.63, 3.8) is 0 Å². The number of carbonyl (C=O) groups is 1. The highest BCUT2D eigenvalue weighted by Crippen LogP contribution is 2.32. The van der Waals surface area contributed by atoms with Crippen LogP contribution in [-0.4, -0.2) is 42.1 Å². The van der Waals surface area contributed by atoms with Crippen LogP contribution in [0, 0.1) is 0 Å². The van der Waals surface area contributed by atoms with Gasteiger partial charge in [-0.25, -0.2) is 9.97 Å². The minimum Gasteiger partial charge on any atom is -0.469 e. The number of hydrogen-bond donors (Lipinski definition) is 0. The maximum Gasteiger partial charge on any atom is 0.225 e. The van der Waals surface area contributed by atoms with Crippen molar-refractivity contribution in [3.8, 4) is 0 Å². The van der Waals surface area contributed by atoms with Gasteiger partial charge in [0.25, 0.3) is 0 Å². The third kappa shape index (κ3) is 2.39. The number of aromatic nitrogens is 2. The second-order valence-corrected chi connectivity index (χ2v) is 5.67. The number of anilines is 1. The Balaban J connectivity index is 1.64. The first-order valence-electron chi connectivity index (χ1n) is 7.56. The van der Waals surface area contributed by atoms with E-state index in [1.165, 1.54) is 0 Å². The van der Waals surface area contributed by atoms with Gasteiger partial charge in [-0.1, -0.05) is 0 Å². The fraction of sp³-hybridized carbons (Fsp3) is 0.438. The summed E-state index contributed by atoms with van der Waals surface area (Å²) in [6.45, 7) is 2.95. The summed E-state index contributed by atoms with van der Waals surface area (Å²) < 4.78 is 10.8. The van der Waals surface area contributed by atoms with E-state index in [-0.39, 0.29) is 11.7 Å². The van der Waals surface area contributed by atoms with E-state index in [2.05, 4.69) is 14.9 Å². The van der Waals surface area contributed by atoms with E-state index in [1.54, 1.807) is 12.5 Å².